The highest BCUT2D eigenvalue weighted by atomic mass is 16.3. The van der Waals surface area contributed by atoms with Crippen molar-refractivity contribution in [2.24, 2.45) is 0 Å². The summed E-state index contributed by atoms with van der Waals surface area (Å²) in [5.74, 6) is 0. The lowest BCUT2D eigenvalue weighted by Gasteiger charge is -2.16. The first-order valence-corrected chi connectivity index (χ1v) is 7.19. The van der Waals surface area contributed by atoms with Crippen LogP contribution in [0.15, 0.2) is 47.7 Å². The lowest BCUT2D eigenvalue weighted by molar-refractivity contribution is 0.241. The first kappa shape index (κ1) is 14.5. The van der Waals surface area contributed by atoms with Crippen LogP contribution in [0.5, 0.6) is 0 Å². The second-order valence-corrected chi connectivity index (χ2v) is 5.22. The molecular formula is C16H18N4O2. The van der Waals surface area contributed by atoms with Gasteiger partial charge in [-0.25, -0.2) is 4.98 Å². The third kappa shape index (κ3) is 3.08. The van der Waals surface area contributed by atoms with Gasteiger partial charge >= 0.3 is 0 Å². The molecular weight excluding hydrogens is 280 g/mol. The van der Waals surface area contributed by atoms with Crippen LogP contribution >= 0.6 is 0 Å². The van der Waals surface area contributed by atoms with Crippen molar-refractivity contribution in [3.63, 3.8) is 0 Å². The highest BCUT2D eigenvalue weighted by Crippen LogP contribution is 2.12. The second kappa shape index (κ2) is 6.55. The SMILES string of the molecule is O=c1[nH]cnc2c(CN[C@H](CO)Cc3ccccc3)c[nH]c12. The maximum atomic E-state index is 11.6. The van der Waals surface area contributed by atoms with Gasteiger partial charge in [-0.15, -0.1) is 0 Å². The van der Waals surface area contributed by atoms with Gasteiger partial charge in [0.15, 0.2) is 0 Å². The monoisotopic (exact) mass is 298 g/mol. The predicted molar refractivity (Wildman–Crippen MR) is 84.6 cm³/mol. The van der Waals surface area contributed by atoms with Gasteiger partial charge in [-0.3, -0.25) is 4.79 Å². The Hall–Kier alpha value is -2.44. The van der Waals surface area contributed by atoms with E-state index in [1.165, 1.54) is 11.9 Å². The van der Waals surface area contributed by atoms with E-state index in [4.69, 9.17) is 0 Å². The zero-order valence-electron chi connectivity index (χ0n) is 12.0. The molecule has 0 bridgehead atoms. The number of nitrogens with zero attached hydrogens (tertiary/aromatic N) is 1. The van der Waals surface area contributed by atoms with Gasteiger partial charge in [0, 0.05) is 24.3 Å². The summed E-state index contributed by atoms with van der Waals surface area (Å²) in [5.41, 5.74) is 3.03. The highest BCUT2D eigenvalue weighted by Gasteiger charge is 2.11. The first-order valence-electron chi connectivity index (χ1n) is 7.19. The quantitative estimate of drug-likeness (QED) is 0.545. The molecule has 0 radical (unpaired) electrons. The van der Waals surface area contributed by atoms with E-state index in [1.54, 1.807) is 6.20 Å². The van der Waals surface area contributed by atoms with E-state index in [0.29, 0.717) is 17.6 Å². The fourth-order valence-corrected chi connectivity index (χ4v) is 2.49. The molecule has 6 nitrogen and oxygen atoms in total. The molecule has 0 unspecified atom stereocenters. The van der Waals surface area contributed by atoms with Crippen molar-refractivity contribution in [3.05, 3.63) is 64.3 Å². The molecule has 0 saturated heterocycles. The zero-order valence-corrected chi connectivity index (χ0v) is 12.0. The van der Waals surface area contributed by atoms with E-state index in [1.807, 2.05) is 30.3 Å². The molecule has 0 saturated carbocycles. The van der Waals surface area contributed by atoms with Crippen molar-refractivity contribution in [1.82, 2.24) is 20.3 Å². The Balaban J connectivity index is 1.69. The van der Waals surface area contributed by atoms with Gasteiger partial charge < -0.3 is 20.4 Å². The fourth-order valence-electron chi connectivity index (χ4n) is 2.49. The number of nitrogens with one attached hydrogen (secondary N) is 3. The van der Waals surface area contributed by atoms with Gasteiger partial charge in [-0.05, 0) is 12.0 Å². The molecule has 0 aliphatic rings. The number of rotatable bonds is 6. The number of aliphatic hydroxyl groups excluding tert-OH is 1. The number of H-pyrrole nitrogens is 2. The van der Waals surface area contributed by atoms with Crippen molar-refractivity contribution in [3.8, 4) is 0 Å². The van der Waals surface area contributed by atoms with Crippen LogP contribution in [-0.2, 0) is 13.0 Å². The van der Waals surface area contributed by atoms with Crippen molar-refractivity contribution < 1.29 is 5.11 Å². The molecule has 0 spiro atoms. The van der Waals surface area contributed by atoms with Gasteiger partial charge in [0.25, 0.3) is 5.56 Å². The van der Waals surface area contributed by atoms with Crippen molar-refractivity contribution in [2.75, 3.05) is 6.61 Å². The molecule has 114 valence electrons. The number of hydrogen-bond acceptors (Lipinski definition) is 4. The lowest BCUT2D eigenvalue weighted by atomic mass is 10.1. The summed E-state index contributed by atoms with van der Waals surface area (Å²) in [6.07, 6.45) is 3.92. The van der Waals surface area contributed by atoms with Crippen molar-refractivity contribution in [1.29, 1.82) is 0 Å². The van der Waals surface area contributed by atoms with Gasteiger partial charge in [-0.2, -0.15) is 0 Å². The summed E-state index contributed by atoms with van der Waals surface area (Å²) in [6, 6.07) is 9.97. The molecule has 0 amide bonds. The van der Waals surface area contributed by atoms with Crippen molar-refractivity contribution >= 4 is 11.0 Å². The highest BCUT2D eigenvalue weighted by molar-refractivity contribution is 5.77. The third-order valence-electron chi connectivity index (χ3n) is 3.67. The number of benzene rings is 1. The third-order valence-corrected chi connectivity index (χ3v) is 3.67. The van der Waals surface area contributed by atoms with Gasteiger partial charge in [-0.1, -0.05) is 30.3 Å². The van der Waals surface area contributed by atoms with Gasteiger partial charge in [0.05, 0.1) is 18.5 Å². The number of hydrogen-bond donors (Lipinski definition) is 4. The largest absolute Gasteiger partial charge is 0.395 e. The Morgan fingerprint density at radius 3 is 2.82 bits per heavy atom. The Labute approximate surface area is 127 Å². The number of fused-ring (bicyclic) bond motifs is 1. The Morgan fingerprint density at radius 1 is 1.23 bits per heavy atom. The molecule has 22 heavy (non-hydrogen) atoms. The molecule has 3 aromatic rings. The maximum Gasteiger partial charge on any atom is 0.275 e. The number of aromatic nitrogens is 3. The molecule has 0 aliphatic carbocycles. The minimum atomic E-state index is -0.181. The molecule has 0 fully saturated rings. The van der Waals surface area contributed by atoms with Crippen LogP contribution in [0.1, 0.15) is 11.1 Å². The lowest BCUT2D eigenvalue weighted by Crippen LogP contribution is -2.34. The molecule has 3 rings (SSSR count). The number of aliphatic hydroxyl groups is 1. The smallest absolute Gasteiger partial charge is 0.275 e. The minimum absolute atomic E-state index is 0.0469. The number of aromatic amines is 2. The van der Waals surface area contributed by atoms with E-state index >= 15 is 0 Å². The average molecular weight is 298 g/mol. The van der Waals surface area contributed by atoms with Crippen molar-refractivity contribution in [2.45, 2.75) is 19.0 Å². The molecule has 6 heteroatoms. The fraction of sp³-hybridized carbons (Fsp3) is 0.250. The van der Waals surface area contributed by atoms with E-state index in [0.717, 1.165) is 12.0 Å². The van der Waals surface area contributed by atoms with Crippen LogP contribution < -0.4 is 10.9 Å². The molecule has 2 heterocycles. The van der Waals surface area contributed by atoms with E-state index in [-0.39, 0.29) is 18.2 Å². The molecule has 4 N–H and O–H groups in total. The summed E-state index contributed by atoms with van der Waals surface area (Å²) < 4.78 is 0. The Bertz CT molecular complexity index is 795. The van der Waals surface area contributed by atoms with E-state index in [9.17, 15) is 9.90 Å². The van der Waals surface area contributed by atoms with E-state index in [2.05, 4.69) is 20.3 Å². The topological polar surface area (TPSA) is 93.8 Å². The Morgan fingerprint density at radius 2 is 2.05 bits per heavy atom. The molecule has 0 aliphatic heterocycles. The molecule has 1 atom stereocenters. The molecule has 1 aromatic carbocycles. The van der Waals surface area contributed by atoms with Crippen LogP contribution in [0.4, 0.5) is 0 Å². The summed E-state index contributed by atoms with van der Waals surface area (Å²) in [4.78, 5) is 21.3. The Kier molecular flexibility index (Phi) is 4.32. The normalized spacial score (nSPS) is 12.6. The van der Waals surface area contributed by atoms with Gasteiger partial charge in [0.2, 0.25) is 0 Å². The second-order valence-electron chi connectivity index (χ2n) is 5.22. The van der Waals surface area contributed by atoms with Crippen LogP contribution in [-0.4, -0.2) is 32.7 Å². The maximum absolute atomic E-state index is 11.6. The van der Waals surface area contributed by atoms with E-state index < -0.39 is 0 Å². The predicted octanol–water partition coefficient (Wildman–Crippen LogP) is 0.944. The van der Waals surface area contributed by atoms with Crippen LogP contribution in [0.25, 0.3) is 11.0 Å². The van der Waals surface area contributed by atoms with Crippen LogP contribution in [0, 0.1) is 0 Å². The summed E-state index contributed by atoms with van der Waals surface area (Å²) in [7, 11) is 0. The first-order chi connectivity index (χ1) is 10.8. The zero-order chi connectivity index (χ0) is 15.4. The minimum Gasteiger partial charge on any atom is -0.395 e. The average Bonchev–Trinajstić information content (AvgIpc) is 2.97. The summed E-state index contributed by atoms with van der Waals surface area (Å²) in [6.45, 7) is 0.583. The summed E-state index contributed by atoms with van der Waals surface area (Å²) in [5, 5.41) is 12.8. The standard InChI is InChI=1S/C16H18N4O2/c21-9-13(6-11-4-2-1-3-5-11)17-7-12-8-18-15-14(12)19-10-20-16(15)22/h1-5,8,10,13,17-18,21H,6-7,9H2,(H,19,20,22)/t13-/m0/s1. The van der Waals surface area contributed by atoms with Gasteiger partial charge in [0.1, 0.15) is 5.52 Å². The molecule has 2 aromatic heterocycles. The summed E-state index contributed by atoms with van der Waals surface area (Å²) >= 11 is 0. The van der Waals surface area contributed by atoms with Crippen LogP contribution in [0.3, 0.4) is 0 Å². The van der Waals surface area contributed by atoms with Crippen LogP contribution in [0.2, 0.25) is 0 Å².